The van der Waals surface area contributed by atoms with Gasteiger partial charge in [-0.05, 0) is 42.7 Å². The number of fused-ring (bicyclic) bond motifs is 5. The van der Waals surface area contributed by atoms with Crippen molar-refractivity contribution in [3.63, 3.8) is 0 Å². The van der Waals surface area contributed by atoms with Gasteiger partial charge in [0.25, 0.3) is 0 Å². The predicted molar refractivity (Wildman–Crippen MR) is 161 cm³/mol. The average Bonchev–Trinajstić information content (AvgIpc) is 2.99. The summed E-state index contributed by atoms with van der Waals surface area (Å²) < 4.78 is 10.7. The molecule has 1 aromatic carbocycles. The summed E-state index contributed by atoms with van der Waals surface area (Å²) in [5, 5.41) is 50.4. The molecule has 3 aliphatic carbocycles. The summed E-state index contributed by atoms with van der Waals surface area (Å²) in [5.41, 5.74) is -3.26. The largest absolute Gasteiger partial charge is 0.453 e. The monoisotopic (exact) mass is 1070 g/mol. The number of ketones is 1. The molecule has 250 valence electrons. The van der Waals surface area contributed by atoms with E-state index in [4.69, 9.17) is 14.4 Å². The second kappa shape index (κ2) is 14.6. The number of methoxy groups -OCH3 is 1. The molecular formula is C34H49Ac2NO9. The van der Waals surface area contributed by atoms with Crippen molar-refractivity contribution in [2.24, 2.45) is 40.4 Å². The minimum atomic E-state index is -1.55. The predicted octanol–water partition coefficient (Wildman–Crippen LogP) is 4.04. The van der Waals surface area contributed by atoms with Crippen molar-refractivity contribution in [3.05, 3.63) is 47.0 Å². The molecule has 1 aliphatic heterocycles. The average molecular weight is 1070 g/mol. The number of carbonyl (C=O) groups excluding carboxylic acids is 2. The second-order valence-electron chi connectivity index (χ2n) is 14.7. The van der Waals surface area contributed by atoms with E-state index in [1.54, 1.807) is 0 Å². The molecule has 1 amide bonds. The van der Waals surface area contributed by atoms with E-state index in [-0.39, 0.29) is 113 Å². The fourth-order valence-electron chi connectivity index (χ4n) is 9.81. The summed E-state index contributed by atoms with van der Waals surface area (Å²) in [4.78, 5) is 32.2. The molecule has 12 heteroatoms. The van der Waals surface area contributed by atoms with Crippen molar-refractivity contribution < 1.29 is 133 Å². The first-order valence-electron chi connectivity index (χ1n) is 15.7. The van der Waals surface area contributed by atoms with Crippen molar-refractivity contribution in [2.75, 3.05) is 13.7 Å². The van der Waals surface area contributed by atoms with Crippen molar-refractivity contribution in [3.8, 4) is 0 Å². The quantitative estimate of drug-likeness (QED) is 0.162. The Morgan fingerprint density at radius 3 is 2.24 bits per heavy atom. The molecule has 0 spiro atoms. The van der Waals surface area contributed by atoms with Crippen LogP contribution in [0.2, 0.25) is 0 Å². The van der Waals surface area contributed by atoms with Crippen LogP contribution in [0.1, 0.15) is 72.9 Å². The summed E-state index contributed by atoms with van der Waals surface area (Å²) in [6, 6.07) is 8.60. The molecule has 1 aromatic rings. The maximum atomic E-state index is 14.5. The van der Waals surface area contributed by atoms with Crippen LogP contribution in [-0.2, 0) is 19.2 Å². The first-order valence-corrected chi connectivity index (χ1v) is 15.7. The summed E-state index contributed by atoms with van der Waals surface area (Å²) in [6.07, 6.45) is -3.04. The molecule has 2 saturated carbocycles. The summed E-state index contributed by atoms with van der Waals surface area (Å²) in [5.74, 6) is -3.13. The number of hydrogen-bond acceptors (Lipinski definition) is 9. The topological polar surface area (TPSA) is 155 Å². The van der Waals surface area contributed by atoms with E-state index in [0.29, 0.717) is 17.6 Å². The van der Waals surface area contributed by atoms with Crippen LogP contribution >= 0.6 is 0 Å². The van der Waals surface area contributed by atoms with Gasteiger partial charge in [0.1, 0.15) is 17.8 Å². The number of Topliss-reactive ketones (excluding diaryl/α,β-unsaturated/α-hetero) is 1. The maximum Gasteiger partial charge on any atom is 0.407 e. The molecule has 46 heavy (non-hydrogen) atoms. The minimum absolute atomic E-state index is 0. The first-order chi connectivity index (χ1) is 20.5. The van der Waals surface area contributed by atoms with Crippen LogP contribution < -0.4 is 5.32 Å². The van der Waals surface area contributed by atoms with Crippen LogP contribution in [0, 0.1) is 129 Å². The van der Waals surface area contributed by atoms with E-state index in [2.05, 4.69) is 5.32 Å². The molecule has 12 atom stereocenters. The van der Waals surface area contributed by atoms with Gasteiger partial charge in [-0.3, -0.25) is 10.1 Å². The zero-order valence-corrected chi connectivity index (χ0v) is 37.7. The number of benzene rings is 1. The van der Waals surface area contributed by atoms with E-state index in [1.165, 1.54) is 7.11 Å². The van der Waals surface area contributed by atoms with E-state index in [9.17, 15) is 30.2 Å². The van der Waals surface area contributed by atoms with Gasteiger partial charge < -0.3 is 30.1 Å². The fraction of sp³-hybridized carbons (Fsp3) is 0.706. The molecule has 1 saturated heterocycles. The Morgan fingerprint density at radius 2 is 1.72 bits per heavy atom. The van der Waals surface area contributed by atoms with Gasteiger partial charge in [0.2, 0.25) is 0 Å². The molecule has 0 aromatic heterocycles. The standard InChI is InChI=1S/C34H49NO9.2Ac/c1-17-14-23-33(39,16-43-23)28-20(4)34(40)15-22(18(2)24(31(34,5)6)26(36)29(37)32(17,28)7)27(44-41)19(3)25(35-30(38)42-8)21-12-10-9-11-13-21;;/h9-13,17,19-20,22-23,25-28,36,39-41H,14-16H2,1-8H3,(H,35,38);;/t17-,19?,20?,22?,23?,25?,26?,27?,28?,32+,33?,34?;;/m0../s1. The number of amides is 1. The minimum Gasteiger partial charge on any atom is -0.453 e. The number of aliphatic hydroxyl groups is 3. The molecule has 3 fully saturated rings. The number of carbonyl (C=O) groups is 2. The smallest absolute Gasteiger partial charge is 0.407 e. The van der Waals surface area contributed by atoms with E-state index in [0.717, 1.165) is 5.56 Å². The van der Waals surface area contributed by atoms with Gasteiger partial charge in [-0.1, -0.05) is 77.4 Å². The van der Waals surface area contributed by atoms with Gasteiger partial charge in [0.05, 0.1) is 31.5 Å². The van der Waals surface area contributed by atoms with E-state index < -0.39 is 76.2 Å². The van der Waals surface area contributed by atoms with Gasteiger partial charge in [0.15, 0.2) is 5.78 Å². The number of nitrogens with one attached hydrogen (secondary N) is 1. The molecule has 10 unspecified atom stereocenters. The second-order valence-corrected chi connectivity index (χ2v) is 14.7. The third-order valence-corrected chi connectivity index (χ3v) is 12.6. The molecule has 5 N–H and O–H groups in total. The molecule has 2 radical (unpaired) electrons. The number of aliphatic hydroxyl groups excluding tert-OH is 1. The Bertz CT molecular complexity index is 1330. The van der Waals surface area contributed by atoms with Crippen LogP contribution in [0.25, 0.3) is 0 Å². The SMILES string of the molecule is COC(=O)NC(c1ccccc1)C(C)C(OO)C1CC2(O)C(C)C3C4(O)COC4C[C@H](C)[C@@]3(C)C(=O)C(O)C(=C1C)C2(C)C.[Ac].[Ac]. The van der Waals surface area contributed by atoms with Crippen LogP contribution in [0.5, 0.6) is 0 Å². The molecule has 1 heterocycles. The van der Waals surface area contributed by atoms with E-state index >= 15 is 0 Å². The van der Waals surface area contributed by atoms with Gasteiger partial charge in [-0.25, -0.2) is 9.68 Å². The zero-order valence-electron chi connectivity index (χ0n) is 28.2. The third-order valence-electron chi connectivity index (χ3n) is 12.6. The molecule has 10 nitrogen and oxygen atoms in total. The normalized spacial score (nSPS) is 39.8. The zero-order chi connectivity index (χ0) is 32.6. The van der Waals surface area contributed by atoms with Gasteiger partial charge >= 0.3 is 6.09 Å². The summed E-state index contributed by atoms with van der Waals surface area (Å²) >= 11 is 0. The third kappa shape index (κ3) is 6.01. The van der Waals surface area contributed by atoms with E-state index in [1.807, 2.05) is 78.8 Å². The molecule has 2 bridgehead atoms. The maximum absolute atomic E-state index is 14.5. The first kappa shape index (κ1) is 41.0. The Hall–Kier alpha value is 0.543. The Kier molecular flexibility index (Phi) is 13.0. The summed E-state index contributed by atoms with van der Waals surface area (Å²) in [7, 11) is 1.27. The van der Waals surface area contributed by atoms with Crippen LogP contribution in [-0.4, -0.2) is 75.7 Å². The molecular weight excluding hydrogens is 1020 g/mol. The molecule has 4 aliphatic rings. The molecule has 5 rings (SSSR count). The fourth-order valence-corrected chi connectivity index (χ4v) is 9.81. The van der Waals surface area contributed by atoms with Gasteiger partial charge in [-0.15, -0.1) is 0 Å². The van der Waals surface area contributed by atoms with Crippen molar-refractivity contribution >= 4 is 11.9 Å². The van der Waals surface area contributed by atoms with Gasteiger partial charge in [-0.2, -0.15) is 0 Å². The summed E-state index contributed by atoms with van der Waals surface area (Å²) in [6.45, 7) is 13.1. The number of rotatable bonds is 6. The van der Waals surface area contributed by atoms with Crippen LogP contribution in [0.3, 0.4) is 0 Å². The van der Waals surface area contributed by atoms with Crippen molar-refractivity contribution in [2.45, 2.75) is 96.9 Å². The van der Waals surface area contributed by atoms with Gasteiger partial charge in [0, 0.05) is 117 Å². The Morgan fingerprint density at radius 1 is 1.11 bits per heavy atom. The Balaban J connectivity index is 0.00000288. The number of hydrogen-bond donors (Lipinski definition) is 5. The van der Waals surface area contributed by atoms with Crippen LogP contribution in [0.4, 0.5) is 4.79 Å². The van der Waals surface area contributed by atoms with Crippen molar-refractivity contribution in [1.82, 2.24) is 5.32 Å². The van der Waals surface area contributed by atoms with Crippen molar-refractivity contribution in [1.29, 1.82) is 0 Å². The number of alkyl carbamates (subject to hydrolysis) is 1. The van der Waals surface area contributed by atoms with Crippen LogP contribution in [0.15, 0.2) is 41.5 Å². The Labute approximate surface area is 343 Å². The number of ether oxygens (including phenoxy) is 2.